The summed E-state index contributed by atoms with van der Waals surface area (Å²) in [5.74, 6) is -0.412. The molecule has 3 aromatic rings. The lowest BCUT2D eigenvalue weighted by atomic mass is 10.1. The van der Waals surface area contributed by atoms with Crippen LogP contribution < -0.4 is 10.1 Å². The Hall–Kier alpha value is -3.76. The van der Waals surface area contributed by atoms with Crippen LogP contribution in [0, 0.1) is 0 Å². The number of carbonyl (C=O) groups excluding carboxylic acids is 1. The van der Waals surface area contributed by atoms with E-state index in [4.69, 9.17) is 0 Å². The van der Waals surface area contributed by atoms with Gasteiger partial charge in [0.25, 0.3) is 0 Å². The average Bonchev–Trinajstić information content (AvgIpc) is 2.77. The van der Waals surface area contributed by atoms with Crippen molar-refractivity contribution in [1.29, 1.82) is 0 Å². The van der Waals surface area contributed by atoms with Crippen LogP contribution in [0.25, 0.3) is 11.3 Å². The van der Waals surface area contributed by atoms with Crippen LogP contribution in [-0.4, -0.2) is 28.3 Å². The van der Waals surface area contributed by atoms with Gasteiger partial charge in [0.05, 0.1) is 11.3 Å². The number of nitrogens with zero attached hydrogens (tertiary/aromatic N) is 2. The van der Waals surface area contributed by atoms with E-state index in [1.807, 2.05) is 0 Å². The van der Waals surface area contributed by atoms with Crippen LogP contribution in [0.2, 0.25) is 0 Å². The van der Waals surface area contributed by atoms with Crippen LogP contribution in [0.1, 0.15) is 25.0 Å². The molecule has 0 spiro atoms. The molecule has 0 unspecified atom stereocenters. The predicted molar refractivity (Wildman–Crippen MR) is 117 cm³/mol. The molecule has 3 rings (SSSR count). The van der Waals surface area contributed by atoms with Crippen LogP contribution in [0.3, 0.4) is 0 Å². The highest BCUT2D eigenvalue weighted by Gasteiger charge is 2.31. The van der Waals surface area contributed by atoms with E-state index < -0.39 is 29.9 Å². The monoisotopic (exact) mass is 497 g/mol. The number of pyridine rings is 1. The Morgan fingerprint density at radius 2 is 1.69 bits per heavy atom. The topological polar surface area (TPSA) is 54.5 Å². The first-order chi connectivity index (χ1) is 16.3. The molecule has 0 aliphatic heterocycles. The van der Waals surface area contributed by atoms with Gasteiger partial charge in [-0.05, 0) is 61.9 Å². The third kappa shape index (κ3) is 7.36. The fraction of sp³-hybridized carbons (Fsp3) is 0.250. The van der Waals surface area contributed by atoms with E-state index in [0.717, 1.165) is 24.4 Å². The van der Waals surface area contributed by atoms with Gasteiger partial charge in [0.1, 0.15) is 5.75 Å². The van der Waals surface area contributed by atoms with Gasteiger partial charge in [-0.25, -0.2) is 4.79 Å². The molecule has 1 aromatic heterocycles. The smallest absolute Gasteiger partial charge is 0.406 e. The maximum absolute atomic E-state index is 12.8. The zero-order chi connectivity index (χ0) is 25.8. The summed E-state index contributed by atoms with van der Waals surface area (Å²) in [6.07, 6.45) is -8.53. The Morgan fingerprint density at radius 1 is 1.00 bits per heavy atom. The molecule has 0 fully saturated rings. The Bertz CT molecular complexity index is 1140. The number of nitrogens with one attached hydrogen (secondary N) is 1. The van der Waals surface area contributed by atoms with E-state index >= 15 is 0 Å². The first-order valence-electron chi connectivity index (χ1n) is 10.4. The molecule has 1 N–H and O–H groups in total. The van der Waals surface area contributed by atoms with Gasteiger partial charge in [-0.1, -0.05) is 18.2 Å². The number of hydrogen-bond acceptors (Lipinski definition) is 3. The van der Waals surface area contributed by atoms with E-state index in [1.54, 1.807) is 38.1 Å². The van der Waals surface area contributed by atoms with E-state index in [9.17, 15) is 31.1 Å². The Kier molecular flexibility index (Phi) is 7.57. The summed E-state index contributed by atoms with van der Waals surface area (Å²) in [5.41, 5.74) is 1.07. The molecular formula is C24H21F6N3O2. The number of hydrogen-bond donors (Lipinski definition) is 1. The lowest BCUT2D eigenvalue weighted by Gasteiger charge is -2.27. The summed E-state index contributed by atoms with van der Waals surface area (Å²) in [5, 5.41) is 2.63. The van der Waals surface area contributed by atoms with Crippen LogP contribution >= 0.6 is 0 Å². The maximum Gasteiger partial charge on any atom is 0.573 e. The number of urea groups is 1. The summed E-state index contributed by atoms with van der Waals surface area (Å²) in [6.45, 7) is 3.76. The Labute approximate surface area is 197 Å². The minimum Gasteiger partial charge on any atom is -0.406 e. The number of ether oxygens (including phenoxy) is 1. The zero-order valence-electron chi connectivity index (χ0n) is 18.6. The summed E-state index contributed by atoms with van der Waals surface area (Å²) < 4.78 is 79.1. The summed E-state index contributed by atoms with van der Waals surface area (Å²) in [4.78, 5) is 18.2. The van der Waals surface area contributed by atoms with Gasteiger partial charge in [0.2, 0.25) is 0 Å². The summed E-state index contributed by atoms with van der Waals surface area (Å²) >= 11 is 0. The molecule has 0 atom stereocenters. The SMILES string of the molecule is CC(C)N(Cc1cccc(-c2ccc(C(F)(F)F)cn2)c1)C(=O)Nc1ccc(OC(F)(F)F)cc1. The van der Waals surface area contributed by atoms with E-state index in [1.165, 1.54) is 23.1 Å². The van der Waals surface area contributed by atoms with Crippen LogP contribution in [0.5, 0.6) is 5.75 Å². The van der Waals surface area contributed by atoms with Gasteiger partial charge in [-0.15, -0.1) is 13.2 Å². The maximum atomic E-state index is 12.8. The standard InChI is InChI=1S/C24H21F6N3O2/c1-15(2)33(22(34)32-19-7-9-20(10-8-19)35-24(28,29)30)14-16-4-3-5-17(12-16)21-11-6-18(13-31-21)23(25,26)27/h3-13,15H,14H2,1-2H3,(H,32,34). The molecule has 186 valence electrons. The fourth-order valence-electron chi connectivity index (χ4n) is 3.18. The molecule has 2 amide bonds. The van der Waals surface area contributed by atoms with Crippen LogP contribution in [0.15, 0.2) is 66.9 Å². The van der Waals surface area contributed by atoms with Gasteiger partial charge in [0, 0.05) is 30.0 Å². The van der Waals surface area contributed by atoms with E-state index in [2.05, 4.69) is 15.0 Å². The van der Waals surface area contributed by atoms with E-state index in [-0.39, 0.29) is 18.3 Å². The minimum atomic E-state index is -4.82. The third-order valence-corrected chi connectivity index (χ3v) is 4.89. The molecular weight excluding hydrogens is 476 g/mol. The quantitative estimate of drug-likeness (QED) is 0.370. The number of aromatic nitrogens is 1. The number of amides is 2. The number of carbonyl (C=O) groups is 1. The summed E-state index contributed by atoms with van der Waals surface area (Å²) in [6, 6.07) is 13.1. The molecule has 0 bridgehead atoms. The average molecular weight is 497 g/mol. The molecule has 2 aromatic carbocycles. The first-order valence-corrected chi connectivity index (χ1v) is 10.4. The normalized spacial score (nSPS) is 11.9. The second kappa shape index (κ2) is 10.2. The number of anilines is 1. The number of benzene rings is 2. The molecule has 5 nitrogen and oxygen atoms in total. The Balaban J connectivity index is 1.72. The Morgan fingerprint density at radius 3 is 2.23 bits per heavy atom. The largest absolute Gasteiger partial charge is 0.573 e. The van der Waals surface area contributed by atoms with Crippen molar-refractivity contribution in [2.45, 2.75) is 39.0 Å². The van der Waals surface area contributed by atoms with Gasteiger partial charge >= 0.3 is 18.6 Å². The van der Waals surface area contributed by atoms with Crippen molar-refractivity contribution in [1.82, 2.24) is 9.88 Å². The molecule has 0 saturated carbocycles. The van der Waals surface area contributed by atoms with Crippen molar-refractivity contribution in [3.63, 3.8) is 0 Å². The highest BCUT2D eigenvalue weighted by atomic mass is 19.4. The molecule has 1 heterocycles. The van der Waals surface area contributed by atoms with Crippen molar-refractivity contribution >= 4 is 11.7 Å². The van der Waals surface area contributed by atoms with Crippen molar-refractivity contribution in [3.05, 3.63) is 78.0 Å². The molecule has 0 saturated heterocycles. The summed E-state index contributed by atoms with van der Waals surface area (Å²) in [7, 11) is 0. The second-order valence-electron chi connectivity index (χ2n) is 7.85. The molecule has 0 aliphatic rings. The predicted octanol–water partition coefficient (Wildman–Crippen LogP) is 7.11. The van der Waals surface area contributed by atoms with Crippen molar-refractivity contribution in [2.24, 2.45) is 0 Å². The fourth-order valence-corrected chi connectivity index (χ4v) is 3.18. The van der Waals surface area contributed by atoms with Crippen molar-refractivity contribution in [2.75, 3.05) is 5.32 Å². The molecule has 0 radical (unpaired) electrons. The molecule has 11 heteroatoms. The van der Waals surface area contributed by atoms with E-state index in [0.29, 0.717) is 16.8 Å². The molecule has 0 aliphatic carbocycles. The number of rotatable bonds is 6. The van der Waals surface area contributed by atoms with Crippen LogP contribution in [-0.2, 0) is 12.7 Å². The third-order valence-electron chi connectivity index (χ3n) is 4.89. The van der Waals surface area contributed by atoms with Gasteiger partial charge in [-0.2, -0.15) is 13.2 Å². The molecule has 35 heavy (non-hydrogen) atoms. The number of halogens is 6. The van der Waals surface area contributed by atoms with Crippen molar-refractivity contribution in [3.8, 4) is 17.0 Å². The minimum absolute atomic E-state index is 0.174. The second-order valence-corrected chi connectivity index (χ2v) is 7.85. The van der Waals surface area contributed by atoms with Gasteiger partial charge in [0.15, 0.2) is 0 Å². The highest BCUT2D eigenvalue weighted by molar-refractivity contribution is 5.89. The van der Waals surface area contributed by atoms with Gasteiger partial charge < -0.3 is 15.0 Å². The van der Waals surface area contributed by atoms with Crippen molar-refractivity contribution < 1.29 is 35.9 Å². The zero-order valence-corrected chi connectivity index (χ0v) is 18.6. The van der Waals surface area contributed by atoms with Crippen LogP contribution in [0.4, 0.5) is 36.8 Å². The lowest BCUT2D eigenvalue weighted by molar-refractivity contribution is -0.274. The van der Waals surface area contributed by atoms with Gasteiger partial charge in [-0.3, -0.25) is 4.98 Å². The highest BCUT2D eigenvalue weighted by Crippen LogP contribution is 2.30. The lowest BCUT2D eigenvalue weighted by Crippen LogP contribution is -2.39. The number of alkyl halides is 6. The first kappa shape index (κ1) is 25.9.